The lowest BCUT2D eigenvalue weighted by Gasteiger charge is -2.38. The van der Waals surface area contributed by atoms with Crippen molar-refractivity contribution in [1.82, 2.24) is 9.80 Å². The summed E-state index contributed by atoms with van der Waals surface area (Å²) in [5, 5.41) is 1.53. The number of amides is 3. The molecule has 2 atom stereocenters. The third-order valence-corrected chi connectivity index (χ3v) is 6.46. The zero-order valence-corrected chi connectivity index (χ0v) is 18.5. The van der Waals surface area contributed by atoms with Crippen molar-refractivity contribution in [2.24, 2.45) is 0 Å². The highest BCUT2D eigenvalue weighted by Crippen LogP contribution is 2.30. The summed E-state index contributed by atoms with van der Waals surface area (Å²) in [7, 11) is 0. The second-order valence-corrected chi connectivity index (χ2v) is 8.67. The summed E-state index contributed by atoms with van der Waals surface area (Å²) in [5.41, 5.74) is 0.992. The van der Waals surface area contributed by atoms with E-state index in [1.807, 2.05) is 26.0 Å². The predicted octanol–water partition coefficient (Wildman–Crippen LogP) is 3.55. The topological polar surface area (TPSA) is 84.0 Å². The minimum atomic E-state index is -0.505. The minimum absolute atomic E-state index is 0.0291. The van der Waals surface area contributed by atoms with Gasteiger partial charge in [-0.2, -0.15) is 0 Å². The molecule has 0 aromatic heterocycles. The zero-order valence-electron chi connectivity index (χ0n) is 18.5. The highest BCUT2D eigenvalue weighted by atomic mass is 16.5. The Bertz CT molecular complexity index is 1020. The molecule has 0 spiro atoms. The van der Waals surface area contributed by atoms with Crippen LogP contribution in [-0.2, 0) is 14.3 Å². The Morgan fingerprint density at radius 3 is 2.16 bits per heavy atom. The van der Waals surface area contributed by atoms with Gasteiger partial charge in [-0.15, -0.1) is 0 Å². The molecule has 4 rings (SSSR count). The highest BCUT2D eigenvalue weighted by Gasteiger charge is 2.32. The molecule has 1 fully saturated rings. The van der Waals surface area contributed by atoms with Crippen LogP contribution in [0.25, 0.3) is 10.8 Å². The number of piperidine rings is 1. The van der Waals surface area contributed by atoms with Crippen LogP contribution in [0.4, 0.5) is 0 Å². The Hall–Kier alpha value is -3.22. The molecule has 2 heterocycles. The first-order valence-electron chi connectivity index (χ1n) is 11.2. The van der Waals surface area contributed by atoms with Crippen molar-refractivity contribution in [2.45, 2.75) is 58.0 Å². The number of hydrogen-bond donors (Lipinski definition) is 0. The fraction of sp³-hybridized carbons (Fsp3) is 0.440. The van der Waals surface area contributed by atoms with Gasteiger partial charge in [-0.3, -0.25) is 24.1 Å². The van der Waals surface area contributed by atoms with Gasteiger partial charge in [0.2, 0.25) is 0 Å². The Morgan fingerprint density at radius 1 is 0.969 bits per heavy atom. The van der Waals surface area contributed by atoms with Gasteiger partial charge in [0, 0.05) is 41.6 Å². The maximum absolute atomic E-state index is 12.9. The van der Waals surface area contributed by atoms with Crippen LogP contribution in [0, 0.1) is 0 Å². The lowest BCUT2D eigenvalue weighted by molar-refractivity contribution is -0.154. The normalized spacial score (nSPS) is 20.6. The van der Waals surface area contributed by atoms with Crippen molar-refractivity contribution in [1.29, 1.82) is 0 Å². The van der Waals surface area contributed by atoms with Crippen LogP contribution in [0.5, 0.6) is 0 Å². The quantitative estimate of drug-likeness (QED) is 0.511. The van der Waals surface area contributed by atoms with Gasteiger partial charge < -0.3 is 9.64 Å². The fourth-order valence-corrected chi connectivity index (χ4v) is 4.87. The van der Waals surface area contributed by atoms with Gasteiger partial charge in [0.25, 0.3) is 17.7 Å². The predicted molar refractivity (Wildman–Crippen MR) is 119 cm³/mol. The van der Waals surface area contributed by atoms with E-state index in [2.05, 4.69) is 0 Å². The van der Waals surface area contributed by atoms with E-state index in [9.17, 15) is 19.2 Å². The number of imide groups is 1. The molecule has 168 valence electrons. The van der Waals surface area contributed by atoms with Crippen LogP contribution < -0.4 is 0 Å². The summed E-state index contributed by atoms with van der Waals surface area (Å²) in [5.74, 6) is -1.38. The smallest absolute Gasteiger partial charge is 0.306 e. The molecule has 32 heavy (non-hydrogen) atoms. The average Bonchev–Trinajstić information content (AvgIpc) is 2.78. The largest absolute Gasteiger partial charge is 0.456 e. The summed E-state index contributed by atoms with van der Waals surface area (Å²) < 4.78 is 5.18. The monoisotopic (exact) mass is 436 g/mol. The number of nitrogens with zero attached hydrogens (tertiary/aromatic N) is 2. The van der Waals surface area contributed by atoms with E-state index >= 15 is 0 Å². The summed E-state index contributed by atoms with van der Waals surface area (Å²) in [6.07, 6.45) is 3.32. The molecule has 2 aliphatic heterocycles. The first-order valence-corrected chi connectivity index (χ1v) is 11.2. The molecule has 2 aromatic carbocycles. The van der Waals surface area contributed by atoms with Crippen molar-refractivity contribution in [3.05, 3.63) is 47.5 Å². The zero-order chi connectivity index (χ0) is 22.8. The Kier molecular flexibility index (Phi) is 6.26. The van der Waals surface area contributed by atoms with Crippen LogP contribution in [0.1, 0.15) is 66.7 Å². The van der Waals surface area contributed by atoms with E-state index in [0.29, 0.717) is 16.5 Å². The molecule has 0 bridgehead atoms. The van der Waals surface area contributed by atoms with Crippen LogP contribution in [0.15, 0.2) is 36.4 Å². The number of esters is 1. The lowest BCUT2D eigenvalue weighted by atomic mass is 9.94. The minimum Gasteiger partial charge on any atom is -0.456 e. The maximum Gasteiger partial charge on any atom is 0.306 e. The first kappa shape index (κ1) is 22.0. The van der Waals surface area contributed by atoms with Crippen LogP contribution >= 0.6 is 0 Å². The summed E-state index contributed by atoms with van der Waals surface area (Å²) in [4.78, 5) is 53.4. The highest BCUT2D eigenvalue weighted by molar-refractivity contribution is 6.25. The molecular weight excluding hydrogens is 408 g/mol. The molecule has 0 radical (unpaired) electrons. The van der Waals surface area contributed by atoms with Gasteiger partial charge in [-0.25, -0.2) is 0 Å². The second kappa shape index (κ2) is 9.10. The van der Waals surface area contributed by atoms with Gasteiger partial charge in [0.05, 0.1) is 0 Å². The molecule has 0 N–H and O–H groups in total. The lowest BCUT2D eigenvalue weighted by Crippen LogP contribution is -2.49. The average molecular weight is 437 g/mol. The molecule has 0 saturated carbocycles. The third-order valence-electron chi connectivity index (χ3n) is 6.46. The van der Waals surface area contributed by atoms with E-state index < -0.39 is 5.97 Å². The summed E-state index contributed by atoms with van der Waals surface area (Å²) >= 11 is 0. The molecule has 7 heteroatoms. The molecule has 0 aliphatic carbocycles. The second-order valence-electron chi connectivity index (χ2n) is 8.67. The van der Waals surface area contributed by atoms with E-state index in [-0.39, 0.29) is 55.8 Å². The molecule has 2 aromatic rings. The number of carbonyl (C=O) groups is 4. The molecule has 7 nitrogen and oxygen atoms in total. The van der Waals surface area contributed by atoms with Crippen LogP contribution in [0.3, 0.4) is 0 Å². The summed E-state index contributed by atoms with van der Waals surface area (Å²) in [6, 6.07) is 11.1. The van der Waals surface area contributed by atoms with Crippen molar-refractivity contribution in [3.8, 4) is 0 Å². The number of likely N-dealkylation sites (tertiary alicyclic amines) is 1. The van der Waals surface area contributed by atoms with Crippen molar-refractivity contribution < 1.29 is 23.9 Å². The number of ether oxygens (including phenoxy) is 1. The van der Waals surface area contributed by atoms with Crippen molar-refractivity contribution in [3.63, 3.8) is 0 Å². The van der Waals surface area contributed by atoms with E-state index in [0.717, 1.165) is 24.6 Å². The Labute approximate surface area is 187 Å². The molecule has 2 unspecified atom stereocenters. The Morgan fingerprint density at radius 2 is 1.56 bits per heavy atom. The van der Waals surface area contributed by atoms with Gasteiger partial charge in [-0.1, -0.05) is 24.3 Å². The van der Waals surface area contributed by atoms with Crippen molar-refractivity contribution in [2.75, 3.05) is 13.2 Å². The maximum atomic E-state index is 12.9. The number of hydrogen-bond acceptors (Lipinski definition) is 5. The SMILES string of the molecule is CC1CCCC(C)N1C(=O)COC(=O)CCCN1C(=O)c2cccc3cccc(c23)C1=O. The van der Waals surface area contributed by atoms with E-state index in [1.165, 1.54) is 4.90 Å². The number of carbonyl (C=O) groups excluding carboxylic acids is 4. The first-order chi connectivity index (χ1) is 15.4. The summed E-state index contributed by atoms with van der Waals surface area (Å²) in [6.45, 7) is 3.87. The Balaban J connectivity index is 1.31. The van der Waals surface area contributed by atoms with Crippen molar-refractivity contribution >= 4 is 34.5 Å². The molecular formula is C25H28N2O5. The van der Waals surface area contributed by atoms with Gasteiger partial charge in [0.1, 0.15) is 0 Å². The molecule has 3 amide bonds. The van der Waals surface area contributed by atoms with E-state index in [1.54, 1.807) is 29.2 Å². The number of benzene rings is 2. The molecule has 2 aliphatic rings. The van der Waals surface area contributed by atoms with Crippen LogP contribution in [0.2, 0.25) is 0 Å². The van der Waals surface area contributed by atoms with Crippen LogP contribution in [-0.4, -0.2) is 58.7 Å². The van der Waals surface area contributed by atoms with E-state index in [4.69, 9.17) is 4.74 Å². The standard InChI is InChI=1S/C25H28N2O5/c1-16-7-3-8-17(2)27(16)21(28)15-32-22(29)13-6-14-26-24(30)19-11-4-9-18-10-5-12-20(23(18)19)25(26)31/h4-5,9-12,16-17H,3,6-8,13-15H2,1-2H3. The third kappa shape index (κ3) is 4.11. The van der Waals surface area contributed by atoms with Gasteiger partial charge >= 0.3 is 5.97 Å². The fourth-order valence-electron chi connectivity index (χ4n) is 4.87. The number of rotatable bonds is 6. The van der Waals surface area contributed by atoms with Gasteiger partial charge in [-0.05, 0) is 57.0 Å². The molecule has 1 saturated heterocycles. The van der Waals surface area contributed by atoms with Gasteiger partial charge in [0.15, 0.2) is 6.61 Å².